The second kappa shape index (κ2) is 8.66. The summed E-state index contributed by atoms with van der Waals surface area (Å²) in [5.74, 6) is 0.467. The molecule has 0 aromatic heterocycles. The smallest absolute Gasteiger partial charge is 0.378 e. The van der Waals surface area contributed by atoms with Crippen LogP contribution >= 0.6 is 0 Å². The van der Waals surface area contributed by atoms with E-state index in [0.29, 0.717) is 38.0 Å². The lowest BCUT2D eigenvalue weighted by atomic mass is 9.87. The quantitative estimate of drug-likeness (QED) is 0.696. The summed E-state index contributed by atoms with van der Waals surface area (Å²) in [6, 6.07) is 0. The molecule has 2 unspecified atom stereocenters. The number of rotatable bonds is 4. The molecule has 164 valence electrons. The highest BCUT2D eigenvalue weighted by Gasteiger charge is 2.57. The molecule has 3 aliphatic heterocycles. The standard InChI is InChI=1S/C21H32F3N3O2/c1-4-15(5-2)14-27-19-12-16(6-7-20(27,3)21(22,23)24)17(28)13-18(25-19)26-8-10-29-11-9-26/h12,15-16H,4-11,13-14H2,1-3H3. The van der Waals surface area contributed by atoms with Crippen LogP contribution in [0.5, 0.6) is 0 Å². The molecule has 0 aromatic carbocycles. The van der Waals surface area contributed by atoms with Crippen molar-refractivity contribution in [2.45, 2.75) is 64.6 Å². The van der Waals surface area contributed by atoms with Gasteiger partial charge in [0.05, 0.1) is 19.6 Å². The Kier molecular flexibility index (Phi) is 6.61. The molecule has 2 bridgehead atoms. The van der Waals surface area contributed by atoms with Crippen LogP contribution < -0.4 is 0 Å². The minimum absolute atomic E-state index is 0.0425. The third kappa shape index (κ3) is 4.47. The molecule has 1 fully saturated rings. The fourth-order valence-corrected chi connectivity index (χ4v) is 4.39. The first-order valence-corrected chi connectivity index (χ1v) is 10.7. The predicted molar refractivity (Wildman–Crippen MR) is 105 cm³/mol. The maximum atomic E-state index is 14.3. The van der Waals surface area contributed by atoms with Crippen LogP contribution in [0.1, 0.15) is 52.9 Å². The molecule has 8 heteroatoms. The van der Waals surface area contributed by atoms with Crippen LogP contribution in [-0.2, 0) is 9.53 Å². The van der Waals surface area contributed by atoms with Gasteiger partial charge in [0.1, 0.15) is 23.0 Å². The number of ether oxygens (including phenoxy) is 1. The first-order chi connectivity index (χ1) is 13.7. The van der Waals surface area contributed by atoms with E-state index in [0.717, 1.165) is 12.8 Å². The van der Waals surface area contributed by atoms with Gasteiger partial charge in [-0.1, -0.05) is 26.7 Å². The molecule has 3 rings (SSSR count). The molecule has 0 aliphatic carbocycles. The van der Waals surface area contributed by atoms with Crippen molar-refractivity contribution in [3.63, 3.8) is 0 Å². The van der Waals surface area contributed by atoms with Crippen molar-refractivity contribution in [1.29, 1.82) is 0 Å². The highest BCUT2D eigenvalue weighted by molar-refractivity contribution is 6.03. The van der Waals surface area contributed by atoms with Crippen molar-refractivity contribution in [3.05, 3.63) is 11.9 Å². The van der Waals surface area contributed by atoms with Crippen LogP contribution in [0.25, 0.3) is 0 Å². The van der Waals surface area contributed by atoms with Crippen molar-refractivity contribution in [1.82, 2.24) is 9.80 Å². The Morgan fingerprint density at radius 1 is 1.28 bits per heavy atom. The molecule has 0 amide bonds. The molecule has 0 saturated carbocycles. The average Bonchev–Trinajstić information content (AvgIpc) is 2.94. The van der Waals surface area contributed by atoms with Crippen molar-refractivity contribution in [2.75, 3.05) is 32.8 Å². The Balaban J connectivity index is 2.05. The Labute approximate surface area is 171 Å². The van der Waals surface area contributed by atoms with E-state index >= 15 is 0 Å². The number of aliphatic imine (C=N–C) groups is 1. The van der Waals surface area contributed by atoms with E-state index in [9.17, 15) is 18.0 Å². The Morgan fingerprint density at radius 3 is 2.52 bits per heavy atom. The summed E-state index contributed by atoms with van der Waals surface area (Å²) in [5.41, 5.74) is -2.03. The van der Waals surface area contributed by atoms with Crippen LogP contribution in [0.2, 0.25) is 0 Å². The number of fused-ring (bicyclic) bond motifs is 1. The number of carbonyl (C=O) groups is 1. The molecule has 0 N–H and O–H groups in total. The second-order valence-electron chi connectivity index (χ2n) is 8.51. The summed E-state index contributed by atoms with van der Waals surface area (Å²) in [6.07, 6.45) is -0.850. The summed E-state index contributed by atoms with van der Waals surface area (Å²) in [6.45, 7) is 7.85. The Morgan fingerprint density at radius 2 is 1.93 bits per heavy atom. The van der Waals surface area contributed by atoms with Gasteiger partial charge in [-0.2, -0.15) is 13.2 Å². The van der Waals surface area contributed by atoms with Crippen molar-refractivity contribution >= 4 is 11.6 Å². The van der Waals surface area contributed by atoms with Gasteiger partial charge >= 0.3 is 6.18 Å². The normalized spacial score (nSPS) is 28.8. The molecule has 0 radical (unpaired) electrons. The number of carbonyl (C=O) groups excluding carboxylic acids is 1. The van der Waals surface area contributed by atoms with E-state index < -0.39 is 17.6 Å². The molecule has 0 aromatic rings. The number of hydrogen-bond acceptors (Lipinski definition) is 5. The van der Waals surface area contributed by atoms with E-state index in [4.69, 9.17) is 9.73 Å². The third-order valence-corrected chi connectivity index (χ3v) is 6.74. The minimum atomic E-state index is -4.41. The van der Waals surface area contributed by atoms with E-state index in [1.54, 1.807) is 6.08 Å². The number of nitrogens with zero attached hydrogens (tertiary/aromatic N) is 3. The van der Waals surface area contributed by atoms with Crippen molar-refractivity contribution in [2.24, 2.45) is 16.8 Å². The topological polar surface area (TPSA) is 45.1 Å². The summed E-state index contributed by atoms with van der Waals surface area (Å²) in [5, 5.41) is 0. The van der Waals surface area contributed by atoms with Crippen LogP contribution in [0, 0.1) is 11.8 Å². The van der Waals surface area contributed by atoms with Crippen LogP contribution in [0.4, 0.5) is 13.2 Å². The lowest BCUT2D eigenvalue weighted by Crippen LogP contribution is -2.57. The number of amidine groups is 1. The molecular weight excluding hydrogens is 383 g/mol. The van der Waals surface area contributed by atoms with Crippen LogP contribution in [0.15, 0.2) is 16.9 Å². The maximum Gasteiger partial charge on any atom is 0.411 e. The largest absolute Gasteiger partial charge is 0.411 e. The lowest BCUT2D eigenvalue weighted by molar-refractivity contribution is -0.224. The molecular formula is C21H32F3N3O2. The number of ketones is 1. The summed E-state index contributed by atoms with van der Waals surface area (Å²) >= 11 is 0. The van der Waals surface area contributed by atoms with Gasteiger partial charge in [-0.05, 0) is 31.8 Å². The van der Waals surface area contributed by atoms with E-state index in [-0.39, 0.29) is 37.5 Å². The van der Waals surface area contributed by atoms with Gasteiger partial charge in [-0.25, -0.2) is 4.99 Å². The summed E-state index contributed by atoms with van der Waals surface area (Å²) in [4.78, 5) is 21.0. The van der Waals surface area contributed by atoms with Crippen molar-refractivity contribution < 1.29 is 22.7 Å². The maximum absolute atomic E-state index is 14.3. The third-order valence-electron chi connectivity index (χ3n) is 6.74. The van der Waals surface area contributed by atoms with Crippen LogP contribution in [-0.4, -0.2) is 66.0 Å². The van der Waals surface area contributed by atoms with Crippen molar-refractivity contribution in [3.8, 4) is 0 Å². The average molecular weight is 416 g/mol. The van der Waals surface area contributed by atoms with E-state index in [2.05, 4.69) is 0 Å². The fraction of sp³-hybridized carbons (Fsp3) is 0.810. The highest BCUT2D eigenvalue weighted by atomic mass is 19.4. The molecule has 29 heavy (non-hydrogen) atoms. The number of alkyl halides is 3. The molecule has 3 aliphatic rings. The zero-order valence-corrected chi connectivity index (χ0v) is 17.6. The minimum Gasteiger partial charge on any atom is -0.378 e. The van der Waals surface area contributed by atoms with Gasteiger partial charge in [0.15, 0.2) is 0 Å². The molecule has 3 heterocycles. The second-order valence-corrected chi connectivity index (χ2v) is 8.51. The monoisotopic (exact) mass is 415 g/mol. The zero-order chi connectivity index (χ0) is 21.2. The lowest BCUT2D eigenvalue weighted by Gasteiger charge is -2.45. The fourth-order valence-electron chi connectivity index (χ4n) is 4.39. The number of hydrogen-bond donors (Lipinski definition) is 0. The Hall–Kier alpha value is -1.57. The van der Waals surface area contributed by atoms with Gasteiger partial charge < -0.3 is 14.5 Å². The first-order valence-electron chi connectivity index (χ1n) is 10.7. The molecule has 2 atom stereocenters. The van der Waals surface area contributed by atoms with Gasteiger partial charge in [0.2, 0.25) is 0 Å². The van der Waals surface area contributed by atoms with Gasteiger partial charge in [-0.15, -0.1) is 0 Å². The molecule has 1 saturated heterocycles. The van der Waals surface area contributed by atoms with E-state index in [1.807, 2.05) is 18.7 Å². The SMILES string of the molecule is CCC(CC)CN1C2=CC(CCC1(C)C(F)(F)F)C(=O)CC(N1CCOCC1)=N2. The zero-order valence-electron chi connectivity index (χ0n) is 17.6. The number of halogens is 3. The van der Waals surface area contributed by atoms with Gasteiger partial charge in [0, 0.05) is 25.6 Å². The van der Waals surface area contributed by atoms with Gasteiger partial charge in [-0.3, -0.25) is 4.79 Å². The first kappa shape index (κ1) is 22.1. The number of morpholine rings is 1. The summed E-state index contributed by atoms with van der Waals surface area (Å²) < 4.78 is 48.3. The molecule has 0 spiro atoms. The van der Waals surface area contributed by atoms with E-state index in [1.165, 1.54) is 11.8 Å². The number of Topliss-reactive ketones (excluding diaryl/α,β-unsaturated/α-hetero) is 1. The number of allylic oxidation sites excluding steroid dienone is 1. The van der Waals surface area contributed by atoms with Crippen LogP contribution in [0.3, 0.4) is 0 Å². The predicted octanol–water partition coefficient (Wildman–Crippen LogP) is 4.00. The summed E-state index contributed by atoms with van der Waals surface area (Å²) in [7, 11) is 0. The Bertz CT molecular complexity index is 667. The molecule has 5 nitrogen and oxygen atoms in total. The van der Waals surface area contributed by atoms with Gasteiger partial charge in [0.25, 0.3) is 0 Å². The highest BCUT2D eigenvalue weighted by Crippen LogP contribution is 2.45.